The van der Waals surface area contributed by atoms with E-state index in [1.54, 1.807) is 0 Å². The predicted molar refractivity (Wildman–Crippen MR) is 109 cm³/mol. The van der Waals surface area contributed by atoms with E-state index in [4.69, 9.17) is 17.8 Å². The third kappa shape index (κ3) is 2.39. The molecule has 0 radical (unpaired) electrons. The number of rotatable bonds is 0. The lowest BCUT2D eigenvalue weighted by Gasteiger charge is -2.74. The van der Waals surface area contributed by atoms with Gasteiger partial charge in [0.2, 0.25) is 0 Å². The predicted octanol–water partition coefficient (Wildman–Crippen LogP) is 4.30. The fraction of sp³-hybridized carbons (Fsp3) is 0.913. The summed E-state index contributed by atoms with van der Waals surface area (Å²) in [6.07, 6.45) is 8.25. The number of hydrogen-bond acceptors (Lipinski definition) is 5. The van der Waals surface area contributed by atoms with Crippen molar-refractivity contribution in [2.45, 2.75) is 83.7 Å². The minimum Gasteiger partial charge on any atom is -0.347 e. The highest BCUT2D eigenvalue weighted by molar-refractivity contribution is 7.75. The molecule has 6 heteroatoms. The van der Waals surface area contributed by atoms with Crippen molar-refractivity contribution in [3.63, 3.8) is 0 Å². The van der Waals surface area contributed by atoms with Crippen molar-refractivity contribution in [1.82, 2.24) is 0 Å². The molecule has 2 saturated heterocycles. The SMILES string of the molecule is C=C1[C@H]2CCC34C(C2)[C@@]25CCC[C@@](C)(COS(=O)OC2)C5C[C@H]3OC(C)(C)O[C@@H]14. The van der Waals surface area contributed by atoms with E-state index >= 15 is 0 Å². The van der Waals surface area contributed by atoms with E-state index in [1.807, 2.05) is 0 Å². The second kappa shape index (κ2) is 5.94. The highest BCUT2D eigenvalue weighted by atomic mass is 32.2. The Hall–Kier alpha value is -0.270. The van der Waals surface area contributed by atoms with Crippen LogP contribution in [0.4, 0.5) is 0 Å². The fourth-order valence-electron chi connectivity index (χ4n) is 8.81. The van der Waals surface area contributed by atoms with Gasteiger partial charge in [-0.1, -0.05) is 19.9 Å². The van der Waals surface area contributed by atoms with Crippen molar-refractivity contribution in [3.05, 3.63) is 12.2 Å². The molecule has 7 aliphatic rings. The summed E-state index contributed by atoms with van der Waals surface area (Å²) in [5, 5.41) is 0. The van der Waals surface area contributed by atoms with Crippen LogP contribution in [0.15, 0.2) is 12.2 Å². The topological polar surface area (TPSA) is 54.0 Å². The van der Waals surface area contributed by atoms with Crippen molar-refractivity contribution in [2.24, 2.45) is 34.0 Å². The number of ether oxygens (including phenoxy) is 2. The first kappa shape index (κ1) is 19.4. The van der Waals surface area contributed by atoms with Crippen molar-refractivity contribution in [2.75, 3.05) is 13.2 Å². The van der Waals surface area contributed by atoms with E-state index < -0.39 is 17.1 Å². The van der Waals surface area contributed by atoms with Gasteiger partial charge in [-0.15, -0.1) is 0 Å². The largest absolute Gasteiger partial charge is 0.347 e. The van der Waals surface area contributed by atoms with Crippen LogP contribution in [-0.2, 0) is 29.2 Å². The Balaban J connectivity index is 1.53. The van der Waals surface area contributed by atoms with E-state index in [0.717, 1.165) is 32.1 Å². The van der Waals surface area contributed by atoms with Crippen LogP contribution in [0, 0.1) is 34.0 Å². The maximum atomic E-state index is 12.3. The lowest BCUT2D eigenvalue weighted by Crippen LogP contribution is -2.75. The first-order valence-electron chi connectivity index (χ1n) is 11.4. The molecule has 4 bridgehead atoms. The summed E-state index contributed by atoms with van der Waals surface area (Å²) >= 11 is -1.65. The molecule has 5 aliphatic carbocycles. The molecular formula is C23H34O5S. The molecule has 0 aromatic rings. The molecule has 7 rings (SSSR count). The van der Waals surface area contributed by atoms with Crippen molar-refractivity contribution in [3.8, 4) is 0 Å². The van der Waals surface area contributed by atoms with Gasteiger partial charge in [0.1, 0.15) is 0 Å². The van der Waals surface area contributed by atoms with Gasteiger partial charge in [-0.3, -0.25) is 8.37 Å². The van der Waals surface area contributed by atoms with E-state index in [0.29, 0.717) is 31.0 Å². The van der Waals surface area contributed by atoms with Gasteiger partial charge in [0, 0.05) is 10.8 Å². The third-order valence-electron chi connectivity index (χ3n) is 9.85. The molecule has 4 unspecified atom stereocenters. The van der Waals surface area contributed by atoms with E-state index in [2.05, 4.69) is 27.4 Å². The summed E-state index contributed by atoms with van der Waals surface area (Å²) in [5.74, 6) is 0.875. The Morgan fingerprint density at radius 3 is 2.62 bits per heavy atom. The van der Waals surface area contributed by atoms with Gasteiger partial charge >= 0.3 is 11.4 Å². The molecule has 2 aliphatic heterocycles. The Morgan fingerprint density at radius 2 is 1.79 bits per heavy atom. The zero-order valence-corrected chi connectivity index (χ0v) is 18.7. The Bertz CT molecular complexity index is 781. The van der Waals surface area contributed by atoms with Gasteiger partial charge in [0.05, 0.1) is 25.4 Å². The van der Waals surface area contributed by atoms with Gasteiger partial charge in [-0.25, -0.2) is 0 Å². The van der Waals surface area contributed by atoms with Crippen LogP contribution in [0.25, 0.3) is 0 Å². The highest BCUT2D eigenvalue weighted by Gasteiger charge is 2.74. The smallest absolute Gasteiger partial charge is 0.304 e. The van der Waals surface area contributed by atoms with Gasteiger partial charge in [0.25, 0.3) is 0 Å². The van der Waals surface area contributed by atoms with E-state index in [-0.39, 0.29) is 28.5 Å². The second-order valence-electron chi connectivity index (χ2n) is 11.5. The first-order valence-corrected chi connectivity index (χ1v) is 12.4. The third-order valence-corrected chi connectivity index (χ3v) is 10.5. The molecule has 5 nitrogen and oxygen atoms in total. The average Bonchev–Trinajstić information content (AvgIpc) is 2.68. The van der Waals surface area contributed by atoms with Crippen molar-refractivity contribution < 1.29 is 22.0 Å². The van der Waals surface area contributed by atoms with Crippen LogP contribution in [0.2, 0.25) is 0 Å². The summed E-state index contributed by atoms with van der Waals surface area (Å²) in [5.41, 5.74) is 1.34. The van der Waals surface area contributed by atoms with E-state index in [9.17, 15) is 4.21 Å². The fourth-order valence-corrected chi connectivity index (χ4v) is 9.56. The van der Waals surface area contributed by atoms with Gasteiger partial charge in [-0.2, -0.15) is 4.21 Å². The Morgan fingerprint density at radius 1 is 1.00 bits per heavy atom. The van der Waals surface area contributed by atoms with Crippen LogP contribution in [0.1, 0.15) is 65.7 Å². The van der Waals surface area contributed by atoms with Gasteiger partial charge in [0.15, 0.2) is 5.79 Å². The molecule has 2 heterocycles. The Labute approximate surface area is 176 Å². The van der Waals surface area contributed by atoms with Crippen LogP contribution >= 0.6 is 0 Å². The van der Waals surface area contributed by atoms with Crippen LogP contribution in [0.3, 0.4) is 0 Å². The zero-order chi connectivity index (χ0) is 20.2. The lowest BCUT2D eigenvalue weighted by atomic mass is 9.35. The summed E-state index contributed by atoms with van der Waals surface area (Å²) in [4.78, 5) is 0. The normalized spacial score (nSPS) is 58.0. The van der Waals surface area contributed by atoms with Crippen molar-refractivity contribution >= 4 is 11.4 Å². The standard InChI is InChI=1S/C23H34O5S/c1-14-15-6-9-23-17(10-15)22-8-5-7-21(4,12-25-29(24)26-13-22)16(22)11-18(23)27-20(2,3)28-19(14)23/h15-19H,1,5-13H2,2-4H3/t15-,16?,17?,18+,19-,21-,22-,23?,29?/m0/s1. The molecule has 1 spiro atoms. The van der Waals surface area contributed by atoms with Crippen LogP contribution in [0.5, 0.6) is 0 Å². The maximum Gasteiger partial charge on any atom is 0.304 e. The molecule has 162 valence electrons. The van der Waals surface area contributed by atoms with E-state index in [1.165, 1.54) is 18.4 Å². The monoisotopic (exact) mass is 422 g/mol. The molecule has 0 amide bonds. The minimum atomic E-state index is -1.65. The summed E-state index contributed by atoms with van der Waals surface area (Å²) in [6, 6.07) is 0. The van der Waals surface area contributed by atoms with Gasteiger partial charge < -0.3 is 9.47 Å². The maximum absolute atomic E-state index is 12.3. The molecule has 9 atom stereocenters. The van der Waals surface area contributed by atoms with Crippen molar-refractivity contribution in [1.29, 1.82) is 0 Å². The summed E-state index contributed by atoms with van der Waals surface area (Å²) in [6.45, 7) is 12.1. The molecule has 0 N–H and O–H groups in total. The molecular weight excluding hydrogens is 388 g/mol. The molecule has 7 fully saturated rings. The minimum absolute atomic E-state index is 0.0129. The van der Waals surface area contributed by atoms with Gasteiger partial charge in [-0.05, 0) is 81.1 Å². The average molecular weight is 423 g/mol. The first-order chi connectivity index (χ1) is 13.7. The summed E-state index contributed by atoms with van der Waals surface area (Å²) in [7, 11) is 0. The summed E-state index contributed by atoms with van der Waals surface area (Å²) < 4.78 is 37.2. The zero-order valence-electron chi connectivity index (χ0n) is 17.9. The second-order valence-corrected chi connectivity index (χ2v) is 12.4. The Kier molecular flexibility index (Phi) is 3.98. The molecule has 0 aromatic carbocycles. The lowest BCUT2D eigenvalue weighted by molar-refractivity contribution is -0.397. The van der Waals surface area contributed by atoms with Crippen LogP contribution in [-0.4, -0.2) is 35.4 Å². The molecule has 29 heavy (non-hydrogen) atoms. The molecule has 0 aromatic heterocycles. The highest BCUT2D eigenvalue weighted by Crippen LogP contribution is 2.74. The van der Waals surface area contributed by atoms with Crippen LogP contribution < -0.4 is 0 Å². The quantitative estimate of drug-likeness (QED) is 0.545. The molecule has 5 saturated carbocycles. The number of fused-ring (bicyclic) bond motifs is 1. The number of hydrogen-bond donors (Lipinski definition) is 0.